The standard InChI is InChI=1S/C23H30N2O3S/c1-18-12-13-21(23(26)24-17-19(2)20-10-6-5-7-11-20)16-22(18)29(27,28)25-14-8-3-4-9-15-25/h5-7,10-13,16,19H,3-4,8-9,14-15,17H2,1-2H3,(H,24,26)/t19-/m0/s1. The van der Waals surface area contributed by atoms with Crippen LogP contribution in [0.4, 0.5) is 0 Å². The fraction of sp³-hybridized carbons (Fsp3) is 0.435. The zero-order valence-corrected chi connectivity index (χ0v) is 18.0. The Hall–Kier alpha value is -2.18. The average Bonchev–Trinajstić information content (AvgIpc) is 3.03. The van der Waals surface area contributed by atoms with E-state index in [1.54, 1.807) is 23.4 Å². The number of hydrogen-bond acceptors (Lipinski definition) is 3. The van der Waals surface area contributed by atoms with E-state index in [1.807, 2.05) is 30.3 Å². The molecule has 6 heteroatoms. The van der Waals surface area contributed by atoms with E-state index in [-0.39, 0.29) is 16.7 Å². The van der Waals surface area contributed by atoms with Crippen molar-refractivity contribution >= 4 is 15.9 Å². The lowest BCUT2D eigenvalue weighted by atomic mass is 10.0. The molecule has 5 nitrogen and oxygen atoms in total. The van der Waals surface area contributed by atoms with Crippen LogP contribution in [0.1, 0.15) is 60.0 Å². The summed E-state index contributed by atoms with van der Waals surface area (Å²) < 4.78 is 27.9. The molecule has 0 saturated carbocycles. The van der Waals surface area contributed by atoms with Crippen LogP contribution in [0.5, 0.6) is 0 Å². The molecule has 1 saturated heterocycles. The van der Waals surface area contributed by atoms with Crippen molar-refractivity contribution in [3.63, 3.8) is 0 Å². The van der Waals surface area contributed by atoms with Gasteiger partial charge in [-0.1, -0.05) is 56.2 Å². The van der Waals surface area contributed by atoms with Gasteiger partial charge < -0.3 is 5.32 Å². The summed E-state index contributed by atoms with van der Waals surface area (Å²) in [7, 11) is -3.59. The third-order valence-corrected chi connectivity index (χ3v) is 7.61. The van der Waals surface area contributed by atoms with E-state index in [0.717, 1.165) is 31.2 Å². The molecule has 29 heavy (non-hydrogen) atoms. The molecule has 3 rings (SSSR count). The second kappa shape index (κ2) is 9.55. The molecule has 2 aromatic rings. The normalized spacial score (nSPS) is 16.8. The Bertz CT molecular complexity index is 934. The summed E-state index contributed by atoms with van der Waals surface area (Å²) in [5, 5.41) is 2.94. The second-order valence-corrected chi connectivity index (χ2v) is 9.73. The summed E-state index contributed by atoms with van der Waals surface area (Å²) in [6, 6.07) is 14.9. The zero-order valence-electron chi connectivity index (χ0n) is 17.2. The van der Waals surface area contributed by atoms with Crippen LogP contribution in [0.2, 0.25) is 0 Å². The number of rotatable bonds is 6. The number of nitrogens with zero attached hydrogens (tertiary/aromatic N) is 1. The molecule has 1 aliphatic rings. The molecule has 0 bridgehead atoms. The first-order valence-electron chi connectivity index (χ1n) is 10.3. The number of amides is 1. The Morgan fingerprint density at radius 2 is 1.69 bits per heavy atom. The average molecular weight is 415 g/mol. The number of benzene rings is 2. The molecule has 1 aliphatic heterocycles. The summed E-state index contributed by atoms with van der Waals surface area (Å²) >= 11 is 0. The Morgan fingerprint density at radius 1 is 1.03 bits per heavy atom. The molecule has 1 fully saturated rings. The predicted octanol–water partition coefficient (Wildman–Crippen LogP) is 4.09. The maximum atomic E-state index is 13.2. The van der Waals surface area contributed by atoms with Crippen LogP contribution >= 0.6 is 0 Å². The largest absolute Gasteiger partial charge is 0.351 e. The van der Waals surface area contributed by atoms with Gasteiger partial charge in [-0.25, -0.2) is 8.42 Å². The lowest BCUT2D eigenvalue weighted by Gasteiger charge is -2.21. The molecule has 0 spiro atoms. The minimum Gasteiger partial charge on any atom is -0.351 e. The van der Waals surface area contributed by atoms with E-state index >= 15 is 0 Å². The predicted molar refractivity (Wildman–Crippen MR) is 116 cm³/mol. The fourth-order valence-corrected chi connectivity index (χ4v) is 5.46. The minimum atomic E-state index is -3.59. The van der Waals surface area contributed by atoms with Crippen LogP contribution < -0.4 is 5.32 Å². The van der Waals surface area contributed by atoms with Gasteiger partial charge in [0, 0.05) is 25.2 Å². The van der Waals surface area contributed by atoms with E-state index in [2.05, 4.69) is 12.2 Å². The van der Waals surface area contributed by atoms with Gasteiger partial charge >= 0.3 is 0 Å². The summed E-state index contributed by atoms with van der Waals surface area (Å²) in [6.07, 6.45) is 3.89. The molecule has 0 aliphatic carbocycles. The van der Waals surface area contributed by atoms with Crippen molar-refractivity contribution in [2.45, 2.75) is 50.3 Å². The number of sulfonamides is 1. The molecule has 2 aromatic carbocycles. The van der Waals surface area contributed by atoms with Gasteiger partial charge in [-0.3, -0.25) is 4.79 Å². The van der Waals surface area contributed by atoms with Gasteiger partial charge in [0.1, 0.15) is 0 Å². The van der Waals surface area contributed by atoms with Gasteiger partial charge in [0.05, 0.1) is 4.90 Å². The van der Waals surface area contributed by atoms with Crippen LogP contribution in [0.15, 0.2) is 53.4 Å². The van der Waals surface area contributed by atoms with Gasteiger partial charge in [0.15, 0.2) is 0 Å². The molecule has 1 N–H and O–H groups in total. The third kappa shape index (κ3) is 5.25. The summed E-state index contributed by atoms with van der Waals surface area (Å²) in [6.45, 7) is 5.42. The lowest BCUT2D eigenvalue weighted by Crippen LogP contribution is -2.33. The van der Waals surface area contributed by atoms with Crippen molar-refractivity contribution in [1.29, 1.82) is 0 Å². The highest BCUT2D eigenvalue weighted by Gasteiger charge is 2.27. The van der Waals surface area contributed by atoms with Crippen molar-refractivity contribution < 1.29 is 13.2 Å². The second-order valence-electron chi connectivity index (χ2n) is 7.82. The first kappa shape index (κ1) is 21.5. The Morgan fingerprint density at radius 3 is 2.34 bits per heavy atom. The van der Waals surface area contributed by atoms with E-state index in [0.29, 0.717) is 30.8 Å². The Kier molecular flexibility index (Phi) is 7.09. The Labute approximate surface area is 174 Å². The lowest BCUT2D eigenvalue weighted by molar-refractivity contribution is 0.0951. The summed E-state index contributed by atoms with van der Waals surface area (Å²) in [4.78, 5) is 12.9. The van der Waals surface area contributed by atoms with Gasteiger partial charge in [-0.05, 0) is 48.9 Å². The molecule has 1 amide bonds. The van der Waals surface area contributed by atoms with Gasteiger partial charge in [-0.15, -0.1) is 0 Å². The smallest absolute Gasteiger partial charge is 0.251 e. The minimum absolute atomic E-state index is 0.172. The van der Waals surface area contributed by atoms with Gasteiger partial charge in [0.25, 0.3) is 5.91 Å². The number of nitrogens with one attached hydrogen (secondary N) is 1. The summed E-state index contributed by atoms with van der Waals surface area (Å²) in [5.41, 5.74) is 2.20. The quantitative estimate of drug-likeness (QED) is 0.774. The topological polar surface area (TPSA) is 66.5 Å². The van der Waals surface area contributed by atoms with Crippen LogP contribution in [0, 0.1) is 6.92 Å². The number of carbonyl (C=O) groups is 1. The van der Waals surface area contributed by atoms with Crippen molar-refractivity contribution in [3.05, 3.63) is 65.2 Å². The van der Waals surface area contributed by atoms with Crippen molar-refractivity contribution in [2.24, 2.45) is 0 Å². The van der Waals surface area contributed by atoms with Crippen molar-refractivity contribution in [2.75, 3.05) is 19.6 Å². The SMILES string of the molecule is Cc1ccc(C(=O)NC[C@H](C)c2ccccc2)cc1S(=O)(=O)N1CCCCCC1. The molecule has 1 heterocycles. The van der Waals surface area contributed by atoms with E-state index in [1.165, 1.54) is 6.07 Å². The van der Waals surface area contributed by atoms with Crippen LogP contribution in [-0.4, -0.2) is 38.3 Å². The third-order valence-electron chi connectivity index (χ3n) is 5.57. The Balaban J connectivity index is 1.75. The van der Waals surface area contributed by atoms with Crippen molar-refractivity contribution in [3.8, 4) is 0 Å². The molecule has 156 valence electrons. The molecule has 0 unspecified atom stereocenters. The molecular weight excluding hydrogens is 384 g/mol. The molecule has 0 radical (unpaired) electrons. The highest BCUT2D eigenvalue weighted by Crippen LogP contribution is 2.24. The molecule has 1 atom stereocenters. The van der Waals surface area contributed by atoms with Crippen molar-refractivity contribution in [1.82, 2.24) is 9.62 Å². The van der Waals surface area contributed by atoms with Crippen LogP contribution in [0.25, 0.3) is 0 Å². The monoisotopic (exact) mass is 414 g/mol. The van der Waals surface area contributed by atoms with Gasteiger partial charge in [0.2, 0.25) is 10.0 Å². The maximum absolute atomic E-state index is 13.2. The first-order valence-corrected chi connectivity index (χ1v) is 11.8. The maximum Gasteiger partial charge on any atom is 0.251 e. The highest BCUT2D eigenvalue weighted by molar-refractivity contribution is 7.89. The van der Waals surface area contributed by atoms with Gasteiger partial charge in [-0.2, -0.15) is 4.31 Å². The highest BCUT2D eigenvalue weighted by atomic mass is 32.2. The fourth-order valence-electron chi connectivity index (χ4n) is 3.69. The molecule has 0 aromatic heterocycles. The number of aryl methyl sites for hydroxylation is 1. The number of hydrogen-bond donors (Lipinski definition) is 1. The van der Waals surface area contributed by atoms with E-state index in [4.69, 9.17) is 0 Å². The molecular formula is C23H30N2O3S. The van der Waals surface area contributed by atoms with E-state index < -0.39 is 10.0 Å². The van der Waals surface area contributed by atoms with Crippen LogP contribution in [-0.2, 0) is 10.0 Å². The summed E-state index contributed by atoms with van der Waals surface area (Å²) in [5.74, 6) is -0.0778. The number of carbonyl (C=O) groups excluding carboxylic acids is 1. The van der Waals surface area contributed by atoms with E-state index in [9.17, 15) is 13.2 Å². The first-order chi connectivity index (χ1) is 13.9. The zero-order chi connectivity index (χ0) is 20.9. The van der Waals surface area contributed by atoms with Crippen LogP contribution in [0.3, 0.4) is 0 Å².